The van der Waals surface area contributed by atoms with Gasteiger partial charge in [-0.1, -0.05) is 41.5 Å². The quantitative estimate of drug-likeness (QED) is 0.113. The van der Waals surface area contributed by atoms with Crippen LogP contribution in [0.25, 0.3) is 27.9 Å². The third-order valence-corrected chi connectivity index (χ3v) is 7.40. The van der Waals surface area contributed by atoms with E-state index in [0.717, 1.165) is 76.1 Å². The van der Waals surface area contributed by atoms with E-state index in [1.807, 2.05) is 59.2 Å². The average Bonchev–Trinajstić information content (AvgIpc) is 3.37. The van der Waals surface area contributed by atoms with Gasteiger partial charge in [-0.05, 0) is 52.0 Å². The fourth-order valence-electron chi connectivity index (χ4n) is 4.89. The fraction of sp³-hybridized carbons (Fsp3) is 0.469. The Bertz CT molecular complexity index is 1440. The van der Waals surface area contributed by atoms with Crippen molar-refractivity contribution in [1.82, 2.24) is 14.5 Å². The molecule has 3 heterocycles. The van der Waals surface area contributed by atoms with Crippen LogP contribution in [0.1, 0.15) is 81.4 Å². The number of carbonyl (C=O) groups is 1. The van der Waals surface area contributed by atoms with E-state index >= 15 is 0 Å². The van der Waals surface area contributed by atoms with E-state index in [9.17, 15) is 9.90 Å². The molecule has 0 saturated carbocycles. The van der Waals surface area contributed by atoms with Gasteiger partial charge in [0.25, 0.3) is 0 Å². The standard InChI is InChI=1S/C19H18N3O.C13H24O2.Ir/c1-10-6-11(2)8-15(7-10)16-17-18(12(3)9-20-16)22-19(21-17)13(4)14(5)23-22;1-5-10(6-2)12(14)9-13(15)11(7-3)8-4;/h6-7,9H,1-5H3;9-11,14H,5-8H2,1-4H3;/q-1;;/b;12-9-;. The maximum atomic E-state index is 11.7. The van der Waals surface area contributed by atoms with E-state index in [-0.39, 0.29) is 43.5 Å². The molecule has 4 rings (SSSR count). The van der Waals surface area contributed by atoms with Crippen molar-refractivity contribution in [3.63, 3.8) is 0 Å². The van der Waals surface area contributed by atoms with Crippen molar-refractivity contribution in [2.45, 2.75) is 88.0 Å². The second kappa shape index (κ2) is 14.0. The van der Waals surface area contributed by atoms with Crippen LogP contribution in [-0.4, -0.2) is 25.4 Å². The summed E-state index contributed by atoms with van der Waals surface area (Å²) in [7, 11) is 0. The molecule has 0 bridgehead atoms. The molecule has 1 aromatic carbocycles. The number of aryl methyl sites for hydroxylation is 5. The van der Waals surface area contributed by atoms with Crippen LogP contribution in [0.2, 0.25) is 0 Å². The predicted molar refractivity (Wildman–Crippen MR) is 155 cm³/mol. The van der Waals surface area contributed by atoms with Crippen molar-refractivity contribution in [3.8, 4) is 11.3 Å². The molecule has 1 radical (unpaired) electrons. The zero-order valence-corrected chi connectivity index (χ0v) is 27.1. The summed E-state index contributed by atoms with van der Waals surface area (Å²) in [6.07, 6.45) is 6.79. The molecule has 0 unspecified atom stereocenters. The molecule has 0 saturated heterocycles. The number of aliphatic hydroxyl groups excluding tert-OH is 1. The number of pyridine rings is 1. The summed E-state index contributed by atoms with van der Waals surface area (Å²) >= 11 is 0. The van der Waals surface area contributed by atoms with Crippen molar-refractivity contribution in [2.24, 2.45) is 11.8 Å². The van der Waals surface area contributed by atoms with Crippen LogP contribution in [0.15, 0.2) is 34.7 Å². The van der Waals surface area contributed by atoms with Gasteiger partial charge in [0.15, 0.2) is 11.4 Å². The fourth-order valence-corrected chi connectivity index (χ4v) is 4.89. The SMILES string of the molecule is CCC(CC)C(=O)/C=C(\O)C(CC)CC.Cc1[c-]c(-c2ncc(C)c3c2nc2c(C)c(C)on23)cc(C)c1.[Ir]. The van der Waals surface area contributed by atoms with Crippen LogP contribution in [0.5, 0.6) is 0 Å². The Balaban J connectivity index is 0.000000294. The Morgan fingerprint density at radius 3 is 2.21 bits per heavy atom. The second-order valence-electron chi connectivity index (χ2n) is 10.2. The number of aromatic nitrogens is 3. The number of hydrogen-bond acceptors (Lipinski definition) is 5. The minimum Gasteiger partial charge on any atom is -0.512 e. The Hall–Kier alpha value is -2.76. The number of ketones is 1. The van der Waals surface area contributed by atoms with Crippen LogP contribution in [0, 0.1) is 52.5 Å². The minimum absolute atomic E-state index is 0. The molecule has 0 atom stereocenters. The smallest absolute Gasteiger partial charge is 0.175 e. The van der Waals surface area contributed by atoms with E-state index in [2.05, 4.69) is 37.0 Å². The van der Waals surface area contributed by atoms with Gasteiger partial charge in [0.05, 0.1) is 11.3 Å². The first-order chi connectivity index (χ1) is 18.1. The monoisotopic (exact) mass is 709 g/mol. The number of aliphatic hydroxyl groups is 1. The maximum Gasteiger partial charge on any atom is 0.175 e. The van der Waals surface area contributed by atoms with E-state index in [0.29, 0.717) is 0 Å². The molecule has 0 amide bonds. The van der Waals surface area contributed by atoms with Crippen molar-refractivity contribution in [2.75, 3.05) is 0 Å². The van der Waals surface area contributed by atoms with Crippen molar-refractivity contribution >= 4 is 22.5 Å². The number of carbonyl (C=O) groups excluding carboxylic acids is 1. The number of allylic oxidation sites excluding steroid dienone is 2. The van der Waals surface area contributed by atoms with Crippen LogP contribution in [-0.2, 0) is 24.9 Å². The molecular weight excluding hydrogens is 667 g/mol. The minimum atomic E-state index is 0. The predicted octanol–water partition coefficient (Wildman–Crippen LogP) is 8.35. The number of nitrogens with zero attached hydrogens (tertiary/aromatic N) is 3. The van der Waals surface area contributed by atoms with Crippen molar-refractivity contribution in [3.05, 3.63) is 64.2 Å². The molecule has 213 valence electrons. The summed E-state index contributed by atoms with van der Waals surface area (Å²) in [5, 5.41) is 9.76. The molecule has 0 fully saturated rings. The number of imidazole rings is 1. The summed E-state index contributed by atoms with van der Waals surface area (Å²) < 4.78 is 7.71. The first kappa shape index (κ1) is 32.5. The van der Waals surface area contributed by atoms with Gasteiger partial charge < -0.3 is 14.6 Å². The molecule has 0 aliphatic rings. The molecular formula is C32H42IrN3O3-. The third-order valence-electron chi connectivity index (χ3n) is 7.40. The van der Waals surface area contributed by atoms with Gasteiger partial charge in [0.2, 0.25) is 0 Å². The van der Waals surface area contributed by atoms with Crippen molar-refractivity contribution < 1.29 is 34.5 Å². The van der Waals surface area contributed by atoms with Crippen LogP contribution in [0.3, 0.4) is 0 Å². The average molecular weight is 709 g/mol. The van der Waals surface area contributed by atoms with Gasteiger partial charge in [-0.3, -0.25) is 4.79 Å². The number of hydrogen-bond donors (Lipinski definition) is 1. The van der Waals surface area contributed by atoms with E-state index in [1.165, 1.54) is 11.6 Å². The summed E-state index contributed by atoms with van der Waals surface area (Å²) in [6.45, 7) is 18.2. The number of fused-ring (bicyclic) bond motifs is 3. The molecule has 0 aliphatic carbocycles. The van der Waals surface area contributed by atoms with Gasteiger partial charge in [-0.2, -0.15) is 4.57 Å². The zero-order valence-electron chi connectivity index (χ0n) is 24.7. The maximum absolute atomic E-state index is 11.7. The molecule has 1 N–H and O–H groups in total. The zero-order chi connectivity index (χ0) is 28.1. The van der Waals surface area contributed by atoms with Gasteiger partial charge >= 0.3 is 0 Å². The molecule has 6 nitrogen and oxygen atoms in total. The first-order valence-electron chi connectivity index (χ1n) is 13.8. The van der Waals surface area contributed by atoms with Crippen LogP contribution < -0.4 is 0 Å². The van der Waals surface area contributed by atoms with Gasteiger partial charge in [-0.25, -0.2) is 4.98 Å². The third kappa shape index (κ3) is 7.06. The largest absolute Gasteiger partial charge is 0.512 e. The summed E-state index contributed by atoms with van der Waals surface area (Å²) in [5.41, 5.74) is 8.95. The number of benzene rings is 1. The Morgan fingerprint density at radius 1 is 1.03 bits per heavy atom. The van der Waals surface area contributed by atoms with Crippen LogP contribution in [0.4, 0.5) is 0 Å². The molecule has 0 aliphatic heterocycles. The summed E-state index contributed by atoms with van der Waals surface area (Å²) in [4.78, 5) is 21.2. The van der Waals surface area contributed by atoms with Gasteiger partial charge in [-0.15, -0.1) is 34.9 Å². The summed E-state index contributed by atoms with van der Waals surface area (Å²) in [5.74, 6) is 1.44. The normalized spacial score (nSPS) is 11.7. The van der Waals surface area contributed by atoms with E-state index in [4.69, 9.17) is 9.51 Å². The van der Waals surface area contributed by atoms with Crippen molar-refractivity contribution in [1.29, 1.82) is 0 Å². The first-order valence-corrected chi connectivity index (χ1v) is 13.8. The number of rotatable bonds is 8. The molecule has 4 aromatic rings. The Kier molecular flexibility index (Phi) is 11.7. The molecule has 3 aromatic heterocycles. The summed E-state index contributed by atoms with van der Waals surface area (Å²) in [6, 6.07) is 7.61. The van der Waals surface area contributed by atoms with E-state index < -0.39 is 0 Å². The van der Waals surface area contributed by atoms with Gasteiger partial charge in [0, 0.05) is 55.5 Å². The van der Waals surface area contributed by atoms with E-state index in [1.54, 1.807) is 0 Å². The molecule has 0 spiro atoms. The topological polar surface area (TPSA) is 80.6 Å². The van der Waals surface area contributed by atoms with Gasteiger partial charge in [0.1, 0.15) is 11.3 Å². The Morgan fingerprint density at radius 2 is 1.64 bits per heavy atom. The molecule has 39 heavy (non-hydrogen) atoms. The molecule has 7 heteroatoms. The Labute approximate surface area is 246 Å². The van der Waals surface area contributed by atoms with Crippen LogP contribution >= 0.6 is 0 Å². The second-order valence-corrected chi connectivity index (χ2v) is 10.2.